The van der Waals surface area contributed by atoms with E-state index in [4.69, 9.17) is 0 Å². The summed E-state index contributed by atoms with van der Waals surface area (Å²) >= 11 is 1.63. The molecule has 1 aliphatic heterocycles. The maximum Gasteiger partial charge on any atom is 0.256 e. The molecular weight excluding hydrogens is 428 g/mol. The summed E-state index contributed by atoms with van der Waals surface area (Å²) in [5.41, 5.74) is 3.33. The fourth-order valence-electron chi connectivity index (χ4n) is 3.69. The Morgan fingerprint density at radius 1 is 1.00 bits per heavy atom. The van der Waals surface area contributed by atoms with Gasteiger partial charge in [0.15, 0.2) is 0 Å². The van der Waals surface area contributed by atoms with Crippen LogP contribution in [0, 0.1) is 0 Å². The number of fused-ring (bicyclic) bond motifs is 1. The molecule has 0 spiro atoms. The van der Waals surface area contributed by atoms with Crippen molar-refractivity contribution in [2.24, 2.45) is 0 Å². The summed E-state index contributed by atoms with van der Waals surface area (Å²) in [6, 6.07) is 21.8. The normalized spacial score (nSPS) is 14.1. The Labute approximate surface area is 187 Å². The van der Waals surface area contributed by atoms with E-state index in [1.165, 1.54) is 4.31 Å². The molecule has 160 valence electrons. The first-order valence-corrected chi connectivity index (χ1v) is 12.6. The van der Waals surface area contributed by atoms with Gasteiger partial charge >= 0.3 is 0 Å². The summed E-state index contributed by atoms with van der Waals surface area (Å²) in [5.74, 6) is 0.718. The number of nitrogens with zero attached hydrogens (tertiary/aromatic N) is 1. The van der Waals surface area contributed by atoms with Gasteiger partial charge in [-0.3, -0.25) is 4.79 Å². The fourth-order valence-corrected chi connectivity index (χ4v) is 5.93. The Kier molecular flexibility index (Phi) is 6.46. The van der Waals surface area contributed by atoms with Gasteiger partial charge in [-0.25, -0.2) is 8.42 Å². The third-order valence-corrected chi connectivity index (χ3v) is 8.07. The molecule has 1 aliphatic rings. The SMILES string of the molecule is CCSc1ccccc1C(=O)Nc1ccc2c(c1)CN(S(=O)(=O)c1ccccc1)CC2. The van der Waals surface area contributed by atoms with Crippen molar-refractivity contribution in [2.75, 3.05) is 17.6 Å². The van der Waals surface area contributed by atoms with Crippen molar-refractivity contribution in [3.63, 3.8) is 0 Å². The van der Waals surface area contributed by atoms with E-state index in [-0.39, 0.29) is 5.91 Å². The minimum atomic E-state index is -3.55. The van der Waals surface area contributed by atoms with E-state index in [0.29, 0.717) is 35.7 Å². The van der Waals surface area contributed by atoms with Crippen LogP contribution in [0.2, 0.25) is 0 Å². The molecule has 0 aromatic heterocycles. The van der Waals surface area contributed by atoms with Gasteiger partial charge in [-0.15, -0.1) is 11.8 Å². The average Bonchev–Trinajstić information content (AvgIpc) is 2.79. The van der Waals surface area contributed by atoms with Gasteiger partial charge in [0.1, 0.15) is 0 Å². The molecule has 3 aromatic rings. The number of benzene rings is 3. The number of amides is 1. The summed E-state index contributed by atoms with van der Waals surface area (Å²) in [7, 11) is -3.55. The number of hydrogen-bond acceptors (Lipinski definition) is 4. The van der Waals surface area contributed by atoms with Gasteiger partial charge in [0.25, 0.3) is 5.91 Å². The maximum absolute atomic E-state index is 13.0. The van der Waals surface area contributed by atoms with Gasteiger partial charge in [0, 0.05) is 23.7 Å². The lowest BCUT2D eigenvalue weighted by molar-refractivity contribution is 0.102. The number of thioether (sulfide) groups is 1. The number of sulfonamides is 1. The predicted octanol–water partition coefficient (Wildman–Crippen LogP) is 4.80. The molecule has 0 unspecified atom stereocenters. The Morgan fingerprint density at radius 3 is 2.52 bits per heavy atom. The largest absolute Gasteiger partial charge is 0.322 e. The molecule has 0 saturated carbocycles. The number of nitrogens with one attached hydrogen (secondary N) is 1. The Morgan fingerprint density at radius 2 is 1.74 bits per heavy atom. The minimum Gasteiger partial charge on any atom is -0.322 e. The molecule has 3 aromatic carbocycles. The maximum atomic E-state index is 13.0. The van der Waals surface area contributed by atoms with Crippen LogP contribution in [0.4, 0.5) is 5.69 Å². The van der Waals surface area contributed by atoms with Crippen LogP contribution >= 0.6 is 11.8 Å². The monoisotopic (exact) mass is 452 g/mol. The number of carbonyl (C=O) groups excluding carboxylic acids is 1. The highest BCUT2D eigenvalue weighted by molar-refractivity contribution is 7.99. The van der Waals surface area contributed by atoms with Gasteiger partial charge < -0.3 is 5.32 Å². The summed E-state index contributed by atoms with van der Waals surface area (Å²) in [5, 5.41) is 2.97. The molecular formula is C24H24N2O3S2. The lowest BCUT2D eigenvalue weighted by Gasteiger charge is -2.28. The zero-order valence-corrected chi connectivity index (χ0v) is 18.9. The van der Waals surface area contributed by atoms with Crippen LogP contribution in [0.15, 0.2) is 82.6 Å². The molecule has 4 rings (SSSR count). The molecule has 0 radical (unpaired) electrons. The zero-order valence-electron chi connectivity index (χ0n) is 17.2. The van der Waals surface area contributed by atoms with E-state index in [1.54, 1.807) is 42.1 Å². The quantitative estimate of drug-likeness (QED) is 0.546. The van der Waals surface area contributed by atoms with Crippen molar-refractivity contribution < 1.29 is 13.2 Å². The van der Waals surface area contributed by atoms with Crippen LogP contribution in [-0.4, -0.2) is 30.9 Å². The Balaban J connectivity index is 1.55. The molecule has 0 aliphatic carbocycles. The molecule has 1 N–H and O–H groups in total. The van der Waals surface area contributed by atoms with E-state index in [9.17, 15) is 13.2 Å². The van der Waals surface area contributed by atoms with Crippen LogP contribution in [-0.2, 0) is 23.0 Å². The van der Waals surface area contributed by atoms with E-state index in [2.05, 4.69) is 12.2 Å². The second-order valence-corrected chi connectivity index (χ2v) is 10.5. The van der Waals surface area contributed by atoms with Crippen LogP contribution in [0.5, 0.6) is 0 Å². The third kappa shape index (κ3) is 4.69. The molecule has 1 amide bonds. The van der Waals surface area contributed by atoms with Crippen LogP contribution in [0.1, 0.15) is 28.4 Å². The molecule has 0 saturated heterocycles. The second kappa shape index (κ2) is 9.26. The molecule has 7 heteroatoms. The standard InChI is InChI=1S/C24H24N2O3S2/c1-2-30-23-11-7-6-10-22(23)24(27)25-20-13-12-18-14-15-26(17-19(18)16-20)31(28,29)21-8-4-3-5-9-21/h3-13,16H,2,14-15,17H2,1H3,(H,25,27). The third-order valence-electron chi connectivity index (χ3n) is 5.25. The first-order valence-electron chi connectivity index (χ1n) is 10.2. The zero-order chi connectivity index (χ0) is 21.8. The Hall–Kier alpha value is -2.61. The van der Waals surface area contributed by atoms with Crippen molar-refractivity contribution in [3.05, 3.63) is 89.5 Å². The van der Waals surface area contributed by atoms with Gasteiger partial charge in [0.05, 0.1) is 10.5 Å². The van der Waals surface area contributed by atoms with Crippen LogP contribution < -0.4 is 5.32 Å². The lowest BCUT2D eigenvalue weighted by atomic mass is 10.0. The molecule has 5 nitrogen and oxygen atoms in total. The van der Waals surface area contributed by atoms with Gasteiger partial charge in [0.2, 0.25) is 10.0 Å². The highest BCUT2D eigenvalue weighted by Gasteiger charge is 2.28. The van der Waals surface area contributed by atoms with Crippen molar-refractivity contribution in [1.29, 1.82) is 0 Å². The first-order chi connectivity index (χ1) is 15.0. The fraction of sp³-hybridized carbons (Fsp3) is 0.208. The lowest BCUT2D eigenvalue weighted by Crippen LogP contribution is -2.36. The van der Waals surface area contributed by atoms with Gasteiger partial charge in [-0.1, -0.05) is 43.3 Å². The molecule has 31 heavy (non-hydrogen) atoms. The topological polar surface area (TPSA) is 66.5 Å². The van der Waals surface area contributed by atoms with E-state index >= 15 is 0 Å². The molecule has 0 atom stereocenters. The van der Waals surface area contributed by atoms with E-state index in [0.717, 1.165) is 21.8 Å². The summed E-state index contributed by atoms with van der Waals surface area (Å²) in [6.07, 6.45) is 0.644. The highest BCUT2D eigenvalue weighted by Crippen LogP contribution is 2.28. The molecule has 1 heterocycles. The van der Waals surface area contributed by atoms with Gasteiger partial charge in [-0.05, 0) is 59.7 Å². The number of hydrogen-bond donors (Lipinski definition) is 1. The van der Waals surface area contributed by atoms with Crippen molar-refractivity contribution >= 4 is 33.4 Å². The second-order valence-electron chi connectivity index (χ2n) is 7.27. The van der Waals surface area contributed by atoms with Crippen molar-refractivity contribution in [2.45, 2.75) is 29.7 Å². The minimum absolute atomic E-state index is 0.166. The summed E-state index contributed by atoms with van der Waals surface area (Å²) in [6.45, 7) is 2.79. The van der Waals surface area contributed by atoms with Crippen LogP contribution in [0.3, 0.4) is 0 Å². The summed E-state index contributed by atoms with van der Waals surface area (Å²) < 4.78 is 27.5. The smallest absolute Gasteiger partial charge is 0.256 e. The van der Waals surface area contributed by atoms with Crippen molar-refractivity contribution in [1.82, 2.24) is 4.31 Å². The van der Waals surface area contributed by atoms with E-state index in [1.807, 2.05) is 42.5 Å². The molecule has 0 bridgehead atoms. The summed E-state index contributed by atoms with van der Waals surface area (Å²) in [4.78, 5) is 14.1. The highest BCUT2D eigenvalue weighted by atomic mass is 32.2. The number of rotatable bonds is 6. The number of carbonyl (C=O) groups is 1. The van der Waals surface area contributed by atoms with Crippen molar-refractivity contribution in [3.8, 4) is 0 Å². The predicted molar refractivity (Wildman–Crippen MR) is 125 cm³/mol. The average molecular weight is 453 g/mol. The molecule has 0 fully saturated rings. The Bertz CT molecular complexity index is 1190. The first kappa shape index (κ1) is 21.6. The number of anilines is 1. The van der Waals surface area contributed by atoms with Gasteiger partial charge in [-0.2, -0.15) is 4.31 Å². The van der Waals surface area contributed by atoms with E-state index < -0.39 is 10.0 Å². The van der Waals surface area contributed by atoms with Crippen LogP contribution in [0.25, 0.3) is 0 Å².